The molecule has 1 heteroatoms. The van der Waals surface area contributed by atoms with Crippen LogP contribution in [0.3, 0.4) is 0 Å². The molecule has 3 heterocycles. The molecule has 4 bridgehead atoms. The van der Waals surface area contributed by atoms with Gasteiger partial charge >= 0.3 is 0 Å². The van der Waals surface area contributed by atoms with Crippen LogP contribution in [0.5, 0.6) is 0 Å². The highest BCUT2D eigenvalue weighted by Gasteiger charge is 2.43. The number of nitrogens with zero attached hydrogens (tertiary/aromatic N) is 1. The average Bonchev–Trinajstić information content (AvgIpc) is 2.31. The fraction of sp³-hybridized carbons (Fsp3) is 0.800. The van der Waals surface area contributed by atoms with Crippen molar-refractivity contribution in [2.24, 2.45) is 5.92 Å². The highest BCUT2D eigenvalue weighted by atomic mass is 15.2. The zero-order chi connectivity index (χ0) is 7.26. The van der Waals surface area contributed by atoms with Gasteiger partial charge in [-0.15, -0.1) is 0 Å². The molecule has 3 rings (SSSR count). The zero-order valence-corrected chi connectivity index (χ0v) is 6.87. The zero-order valence-electron chi connectivity index (χ0n) is 6.87. The highest BCUT2D eigenvalue weighted by molar-refractivity contribution is 5.12. The largest absolute Gasteiger partial charge is 0.293 e. The highest BCUT2D eigenvalue weighted by Crippen LogP contribution is 2.41. The Hall–Kier alpha value is -0.300. The molecule has 0 amide bonds. The van der Waals surface area contributed by atoms with Crippen LogP contribution in [0.2, 0.25) is 0 Å². The maximum absolute atomic E-state index is 2.73. The molecule has 3 aliphatic rings. The van der Waals surface area contributed by atoms with Gasteiger partial charge in [-0.25, -0.2) is 0 Å². The molecule has 0 aromatic rings. The lowest BCUT2D eigenvalue weighted by Crippen LogP contribution is -2.42. The SMILES string of the molecule is C1=C[C@H]2C[C@H]3CCCN2[C@@H]3C1. The van der Waals surface area contributed by atoms with E-state index in [1.165, 1.54) is 32.2 Å². The van der Waals surface area contributed by atoms with Gasteiger partial charge in [0.05, 0.1) is 0 Å². The molecule has 1 unspecified atom stereocenters. The molecule has 0 aromatic carbocycles. The van der Waals surface area contributed by atoms with Gasteiger partial charge in [0.25, 0.3) is 0 Å². The van der Waals surface area contributed by atoms with Crippen molar-refractivity contribution in [2.45, 2.75) is 37.8 Å². The van der Waals surface area contributed by atoms with Gasteiger partial charge in [0.2, 0.25) is 0 Å². The second-order valence-corrected chi connectivity index (χ2v) is 4.17. The minimum atomic E-state index is 0.834. The summed E-state index contributed by atoms with van der Waals surface area (Å²) in [5.74, 6) is 1.05. The minimum Gasteiger partial charge on any atom is -0.293 e. The monoisotopic (exact) mass is 149 g/mol. The van der Waals surface area contributed by atoms with Crippen molar-refractivity contribution >= 4 is 0 Å². The minimum absolute atomic E-state index is 0.834. The van der Waals surface area contributed by atoms with Gasteiger partial charge in [0, 0.05) is 12.1 Å². The van der Waals surface area contributed by atoms with Crippen molar-refractivity contribution in [3.63, 3.8) is 0 Å². The Morgan fingerprint density at radius 2 is 2.36 bits per heavy atom. The molecular weight excluding hydrogens is 134 g/mol. The van der Waals surface area contributed by atoms with Gasteiger partial charge < -0.3 is 0 Å². The predicted octanol–water partition coefficient (Wildman–Crippen LogP) is 1.80. The Balaban J connectivity index is 1.97. The van der Waals surface area contributed by atoms with Gasteiger partial charge in [-0.05, 0) is 38.1 Å². The third-order valence-electron chi connectivity index (χ3n) is 3.67. The Morgan fingerprint density at radius 3 is 3.27 bits per heavy atom. The molecule has 4 atom stereocenters. The van der Waals surface area contributed by atoms with Crippen LogP contribution in [0.1, 0.15) is 25.7 Å². The van der Waals surface area contributed by atoms with E-state index in [1.54, 1.807) is 0 Å². The van der Waals surface area contributed by atoms with E-state index in [0.29, 0.717) is 0 Å². The normalized spacial score (nSPS) is 53.1. The van der Waals surface area contributed by atoms with Crippen molar-refractivity contribution in [3.05, 3.63) is 12.2 Å². The van der Waals surface area contributed by atoms with Crippen LogP contribution in [-0.2, 0) is 0 Å². The van der Waals surface area contributed by atoms with E-state index in [2.05, 4.69) is 17.1 Å². The fourth-order valence-electron chi connectivity index (χ4n) is 3.19. The lowest BCUT2D eigenvalue weighted by Gasteiger charge is -2.36. The van der Waals surface area contributed by atoms with E-state index >= 15 is 0 Å². The Bertz CT molecular complexity index is 197. The molecule has 60 valence electrons. The molecule has 1 nitrogen and oxygen atoms in total. The van der Waals surface area contributed by atoms with Crippen molar-refractivity contribution < 1.29 is 0 Å². The maximum atomic E-state index is 2.73. The third kappa shape index (κ3) is 0.750. The standard InChI is InChI=1S/C10H15N/c1-4-9-7-8-3-2-6-11(9)10(8)5-1/h1,4,8-10H,2-3,5-7H2/t8-,9+,10-/m1/s1. The van der Waals surface area contributed by atoms with E-state index in [0.717, 1.165) is 18.0 Å². The number of rotatable bonds is 0. The first-order valence-electron chi connectivity index (χ1n) is 4.87. The summed E-state index contributed by atoms with van der Waals surface area (Å²) in [4.78, 5) is 2.73. The van der Waals surface area contributed by atoms with Crippen LogP contribution in [-0.4, -0.2) is 23.5 Å². The molecule has 0 aromatic heterocycles. The molecule has 0 N–H and O–H groups in total. The summed E-state index contributed by atoms with van der Waals surface area (Å²) in [6.07, 6.45) is 10.6. The van der Waals surface area contributed by atoms with E-state index in [-0.39, 0.29) is 0 Å². The van der Waals surface area contributed by atoms with Crippen LogP contribution in [0.15, 0.2) is 12.2 Å². The summed E-state index contributed by atoms with van der Waals surface area (Å²) in [5, 5.41) is 0. The van der Waals surface area contributed by atoms with Gasteiger partial charge in [0.1, 0.15) is 0 Å². The second kappa shape index (κ2) is 2.10. The summed E-state index contributed by atoms with van der Waals surface area (Å²) < 4.78 is 0. The second-order valence-electron chi connectivity index (χ2n) is 4.17. The summed E-state index contributed by atoms with van der Waals surface area (Å²) >= 11 is 0. The molecular formula is C10H15N. The summed E-state index contributed by atoms with van der Waals surface area (Å²) in [5.41, 5.74) is 0. The average molecular weight is 149 g/mol. The summed E-state index contributed by atoms with van der Waals surface area (Å²) in [7, 11) is 0. The quantitative estimate of drug-likeness (QED) is 0.475. The topological polar surface area (TPSA) is 3.24 Å². The predicted molar refractivity (Wildman–Crippen MR) is 45.4 cm³/mol. The van der Waals surface area contributed by atoms with Crippen molar-refractivity contribution in [2.75, 3.05) is 6.54 Å². The van der Waals surface area contributed by atoms with E-state index < -0.39 is 0 Å². The Labute approximate surface area is 68.1 Å². The number of hydrogen-bond donors (Lipinski definition) is 0. The summed E-state index contributed by atoms with van der Waals surface area (Å²) in [6.45, 7) is 1.37. The smallest absolute Gasteiger partial charge is 0.0284 e. The third-order valence-corrected chi connectivity index (χ3v) is 3.67. The van der Waals surface area contributed by atoms with E-state index in [4.69, 9.17) is 0 Å². The molecule has 0 aliphatic carbocycles. The molecule has 0 radical (unpaired) electrons. The Morgan fingerprint density at radius 1 is 1.36 bits per heavy atom. The van der Waals surface area contributed by atoms with Crippen LogP contribution < -0.4 is 0 Å². The number of hydrogen-bond acceptors (Lipinski definition) is 1. The van der Waals surface area contributed by atoms with Crippen LogP contribution in [0, 0.1) is 5.92 Å². The first-order valence-corrected chi connectivity index (χ1v) is 4.87. The molecule has 0 spiro atoms. The fourth-order valence-corrected chi connectivity index (χ4v) is 3.19. The molecule has 3 aliphatic heterocycles. The first kappa shape index (κ1) is 6.24. The summed E-state index contributed by atoms with van der Waals surface area (Å²) in [6, 6.07) is 1.78. The van der Waals surface area contributed by atoms with Gasteiger partial charge in [-0.2, -0.15) is 0 Å². The van der Waals surface area contributed by atoms with Gasteiger partial charge in [-0.3, -0.25) is 4.90 Å². The van der Waals surface area contributed by atoms with Crippen LogP contribution in [0.25, 0.3) is 0 Å². The first-order chi connectivity index (χ1) is 5.45. The van der Waals surface area contributed by atoms with E-state index in [1.807, 2.05) is 0 Å². The van der Waals surface area contributed by atoms with Crippen LogP contribution in [0.4, 0.5) is 0 Å². The number of piperidine rings is 1. The molecule has 0 saturated carbocycles. The molecule has 11 heavy (non-hydrogen) atoms. The van der Waals surface area contributed by atoms with Gasteiger partial charge in [-0.1, -0.05) is 12.2 Å². The maximum Gasteiger partial charge on any atom is 0.0284 e. The van der Waals surface area contributed by atoms with Crippen molar-refractivity contribution in [1.29, 1.82) is 0 Å². The molecule has 2 saturated heterocycles. The lowest BCUT2D eigenvalue weighted by atomic mass is 9.91. The lowest BCUT2D eigenvalue weighted by molar-refractivity contribution is 0.151. The Kier molecular flexibility index (Phi) is 1.19. The van der Waals surface area contributed by atoms with Gasteiger partial charge in [0.15, 0.2) is 0 Å². The van der Waals surface area contributed by atoms with Crippen LogP contribution >= 0.6 is 0 Å². The van der Waals surface area contributed by atoms with E-state index in [9.17, 15) is 0 Å². The van der Waals surface area contributed by atoms with Crippen molar-refractivity contribution in [3.8, 4) is 0 Å². The molecule has 2 fully saturated rings. The van der Waals surface area contributed by atoms with Crippen molar-refractivity contribution in [1.82, 2.24) is 4.90 Å².